The van der Waals surface area contributed by atoms with Crippen LogP contribution in [-0.2, 0) is 11.3 Å². The smallest absolute Gasteiger partial charge is 0.120 e. The number of aliphatic hydroxyl groups is 1. The lowest BCUT2D eigenvalue weighted by molar-refractivity contribution is 0.0875. The van der Waals surface area contributed by atoms with Gasteiger partial charge in [-0.3, -0.25) is 0 Å². The second kappa shape index (κ2) is 7.16. The van der Waals surface area contributed by atoms with Gasteiger partial charge >= 0.3 is 0 Å². The van der Waals surface area contributed by atoms with Crippen LogP contribution in [0.5, 0.6) is 5.75 Å². The number of ether oxygens (including phenoxy) is 2. The number of aromatic nitrogens is 1. The molecule has 4 heteroatoms. The molecule has 0 fully saturated rings. The summed E-state index contributed by atoms with van der Waals surface area (Å²) in [6, 6.07) is 8.23. The van der Waals surface area contributed by atoms with Crippen molar-refractivity contribution < 1.29 is 14.6 Å². The van der Waals surface area contributed by atoms with Gasteiger partial charge in [0.25, 0.3) is 0 Å². The Morgan fingerprint density at radius 3 is 2.84 bits per heavy atom. The molecule has 1 aromatic heterocycles. The summed E-state index contributed by atoms with van der Waals surface area (Å²) in [6.45, 7) is 4.72. The Hall–Kier alpha value is -1.52. The van der Waals surface area contributed by atoms with Crippen molar-refractivity contribution in [3.05, 3.63) is 30.5 Å². The van der Waals surface area contributed by atoms with Gasteiger partial charge in [-0.05, 0) is 30.7 Å². The summed E-state index contributed by atoms with van der Waals surface area (Å²) in [5.74, 6) is 0.920. The Morgan fingerprint density at radius 1 is 1.16 bits per heavy atom. The minimum atomic E-state index is 0.0740. The first-order valence-corrected chi connectivity index (χ1v) is 6.75. The van der Waals surface area contributed by atoms with Crippen LogP contribution in [0.1, 0.15) is 13.3 Å². The average Bonchev–Trinajstić information content (AvgIpc) is 2.84. The third-order valence-corrected chi connectivity index (χ3v) is 2.93. The zero-order chi connectivity index (χ0) is 13.5. The number of rotatable bonds is 8. The standard InChI is InChI=1S/C15H21NO3/c1-2-9-19-14-3-4-15-13(12-14)5-6-16(15)7-10-18-11-8-17/h3-6,12,17H,2,7-11H2,1H3. The van der Waals surface area contributed by atoms with Crippen LogP contribution in [0.3, 0.4) is 0 Å². The first-order valence-electron chi connectivity index (χ1n) is 6.75. The second-order valence-electron chi connectivity index (χ2n) is 4.41. The second-order valence-corrected chi connectivity index (χ2v) is 4.41. The molecule has 0 saturated heterocycles. The molecule has 4 nitrogen and oxygen atoms in total. The molecule has 0 spiro atoms. The summed E-state index contributed by atoms with van der Waals surface area (Å²) in [7, 11) is 0. The number of aliphatic hydroxyl groups excluding tert-OH is 1. The van der Waals surface area contributed by atoms with Crippen LogP contribution in [0.25, 0.3) is 10.9 Å². The average molecular weight is 263 g/mol. The molecule has 1 aromatic carbocycles. The molecule has 2 aromatic rings. The monoisotopic (exact) mass is 263 g/mol. The minimum absolute atomic E-state index is 0.0740. The number of fused-ring (bicyclic) bond motifs is 1. The molecule has 1 N–H and O–H groups in total. The molecular formula is C15H21NO3. The predicted octanol–water partition coefficient (Wildman–Crippen LogP) is 2.44. The maximum Gasteiger partial charge on any atom is 0.120 e. The zero-order valence-electron chi connectivity index (χ0n) is 11.3. The fraction of sp³-hybridized carbons (Fsp3) is 0.467. The van der Waals surface area contributed by atoms with Crippen molar-refractivity contribution in [3.8, 4) is 5.75 Å². The van der Waals surface area contributed by atoms with Gasteiger partial charge in [-0.2, -0.15) is 0 Å². The molecular weight excluding hydrogens is 242 g/mol. The van der Waals surface area contributed by atoms with Crippen LogP contribution in [0.15, 0.2) is 30.5 Å². The molecule has 2 rings (SSSR count). The molecule has 0 aliphatic heterocycles. The molecule has 0 aliphatic carbocycles. The highest BCUT2D eigenvalue weighted by atomic mass is 16.5. The van der Waals surface area contributed by atoms with Gasteiger partial charge in [0.1, 0.15) is 5.75 Å². The Labute approximate surface area is 113 Å². The van der Waals surface area contributed by atoms with Crippen LogP contribution in [0.4, 0.5) is 0 Å². The van der Waals surface area contributed by atoms with Crippen LogP contribution >= 0.6 is 0 Å². The first-order chi connectivity index (χ1) is 9.35. The molecule has 1 heterocycles. The van der Waals surface area contributed by atoms with E-state index in [9.17, 15) is 0 Å². The largest absolute Gasteiger partial charge is 0.494 e. The van der Waals surface area contributed by atoms with E-state index in [-0.39, 0.29) is 6.61 Å². The van der Waals surface area contributed by atoms with Crippen molar-refractivity contribution in [2.75, 3.05) is 26.4 Å². The summed E-state index contributed by atoms with van der Waals surface area (Å²) in [5.41, 5.74) is 1.18. The van der Waals surface area contributed by atoms with E-state index < -0.39 is 0 Å². The van der Waals surface area contributed by atoms with Crippen molar-refractivity contribution in [2.24, 2.45) is 0 Å². The molecule has 0 unspecified atom stereocenters. The van der Waals surface area contributed by atoms with Gasteiger partial charge < -0.3 is 19.1 Å². The molecule has 0 radical (unpaired) electrons. The van der Waals surface area contributed by atoms with Crippen molar-refractivity contribution in [2.45, 2.75) is 19.9 Å². The molecule has 0 saturated carbocycles. The Morgan fingerprint density at radius 2 is 2.05 bits per heavy atom. The lowest BCUT2D eigenvalue weighted by Gasteiger charge is -2.07. The van der Waals surface area contributed by atoms with Crippen molar-refractivity contribution in [3.63, 3.8) is 0 Å². The van der Waals surface area contributed by atoms with Gasteiger partial charge in [0.2, 0.25) is 0 Å². The third-order valence-electron chi connectivity index (χ3n) is 2.93. The maximum absolute atomic E-state index is 8.65. The van der Waals surface area contributed by atoms with Crippen LogP contribution in [0.2, 0.25) is 0 Å². The van der Waals surface area contributed by atoms with E-state index in [2.05, 4.69) is 35.9 Å². The zero-order valence-corrected chi connectivity index (χ0v) is 11.3. The van der Waals surface area contributed by atoms with Gasteiger partial charge in [-0.1, -0.05) is 6.92 Å². The van der Waals surface area contributed by atoms with Crippen molar-refractivity contribution in [1.82, 2.24) is 4.57 Å². The summed E-state index contributed by atoms with van der Waals surface area (Å²) in [4.78, 5) is 0. The maximum atomic E-state index is 8.65. The number of benzene rings is 1. The molecule has 0 atom stereocenters. The molecule has 19 heavy (non-hydrogen) atoms. The fourth-order valence-corrected chi connectivity index (χ4v) is 2.01. The topological polar surface area (TPSA) is 43.6 Å². The highest BCUT2D eigenvalue weighted by Crippen LogP contribution is 2.22. The summed E-state index contributed by atoms with van der Waals surface area (Å²) in [5, 5.41) is 9.83. The summed E-state index contributed by atoms with van der Waals surface area (Å²) >= 11 is 0. The van der Waals surface area contributed by atoms with Crippen LogP contribution in [-0.4, -0.2) is 36.1 Å². The quantitative estimate of drug-likeness (QED) is 0.744. The van der Waals surface area contributed by atoms with Gasteiger partial charge in [0, 0.05) is 23.6 Å². The summed E-state index contributed by atoms with van der Waals surface area (Å²) < 4.78 is 13.1. The van der Waals surface area contributed by atoms with Gasteiger partial charge in [-0.15, -0.1) is 0 Å². The Balaban J connectivity index is 2.02. The number of hydrogen-bond acceptors (Lipinski definition) is 3. The lowest BCUT2D eigenvalue weighted by Crippen LogP contribution is -2.07. The van der Waals surface area contributed by atoms with Gasteiger partial charge in [-0.25, -0.2) is 0 Å². The van der Waals surface area contributed by atoms with Crippen molar-refractivity contribution >= 4 is 10.9 Å². The molecule has 0 amide bonds. The fourth-order valence-electron chi connectivity index (χ4n) is 2.01. The Bertz CT molecular complexity index is 507. The molecule has 0 aliphatic rings. The van der Waals surface area contributed by atoms with E-state index in [1.165, 1.54) is 10.9 Å². The van der Waals surface area contributed by atoms with E-state index in [1.54, 1.807) is 0 Å². The van der Waals surface area contributed by atoms with E-state index in [0.29, 0.717) is 13.2 Å². The minimum Gasteiger partial charge on any atom is -0.494 e. The third kappa shape index (κ3) is 3.72. The van der Waals surface area contributed by atoms with Crippen LogP contribution in [0, 0.1) is 0 Å². The molecule has 0 bridgehead atoms. The SMILES string of the molecule is CCCOc1ccc2c(ccn2CCOCCO)c1. The van der Waals surface area contributed by atoms with Gasteiger partial charge in [0.15, 0.2) is 0 Å². The number of hydrogen-bond donors (Lipinski definition) is 1. The first kappa shape index (κ1) is 13.9. The molecule has 104 valence electrons. The Kier molecular flexibility index (Phi) is 5.24. The highest BCUT2D eigenvalue weighted by molar-refractivity contribution is 5.81. The van der Waals surface area contributed by atoms with Crippen molar-refractivity contribution in [1.29, 1.82) is 0 Å². The van der Waals surface area contributed by atoms with Gasteiger partial charge in [0.05, 0.1) is 26.4 Å². The summed E-state index contributed by atoms with van der Waals surface area (Å²) in [6.07, 6.45) is 3.07. The van der Waals surface area contributed by atoms with E-state index in [4.69, 9.17) is 14.6 Å². The number of nitrogens with zero attached hydrogens (tertiary/aromatic N) is 1. The lowest BCUT2D eigenvalue weighted by atomic mass is 10.2. The van der Waals surface area contributed by atoms with E-state index in [0.717, 1.165) is 25.3 Å². The predicted molar refractivity (Wildman–Crippen MR) is 75.6 cm³/mol. The van der Waals surface area contributed by atoms with Crippen LogP contribution < -0.4 is 4.74 Å². The van der Waals surface area contributed by atoms with E-state index >= 15 is 0 Å². The van der Waals surface area contributed by atoms with E-state index in [1.807, 2.05) is 6.07 Å². The normalized spacial score (nSPS) is 11.1. The highest BCUT2D eigenvalue weighted by Gasteiger charge is 2.02.